The van der Waals surface area contributed by atoms with Crippen molar-refractivity contribution < 1.29 is 18.7 Å². The minimum Gasteiger partial charge on any atom is -0.479 e. The maximum absolute atomic E-state index is 12.8. The first-order valence-corrected chi connectivity index (χ1v) is 10.5. The Kier molecular flexibility index (Phi) is 6.28. The second-order valence-electron chi connectivity index (χ2n) is 7.37. The summed E-state index contributed by atoms with van der Waals surface area (Å²) < 4.78 is 11.0. The van der Waals surface area contributed by atoms with E-state index in [1.165, 1.54) is 6.26 Å². The molecule has 2 aromatic carbocycles. The number of hydrogen-bond acceptors (Lipinski definition) is 4. The van der Waals surface area contributed by atoms with E-state index in [0.717, 1.165) is 11.1 Å². The molecule has 3 aromatic rings. The Morgan fingerprint density at radius 3 is 2.29 bits per heavy atom. The quantitative estimate of drug-likeness (QED) is 0.594. The molecule has 0 bridgehead atoms. The van der Waals surface area contributed by atoms with Crippen LogP contribution in [-0.4, -0.2) is 53.9 Å². The number of piperazine rings is 1. The lowest BCUT2D eigenvalue weighted by molar-refractivity contribution is -0.139. The molecule has 0 spiro atoms. The number of ether oxygens (including phenoxy) is 1. The molecule has 2 amide bonds. The third-order valence-electron chi connectivity index (χ3n) is 5.30. The number of halogens is 1. The van der Waals surface area contributed by atoms with E-state index in [4.69, 9.17) is 20.8 Å². The predicted molar refractivity (Wildman–Crippen MR) is 118 cm³/mol. The highest BCUT2D eigenvalue weighted by Crippen LogP contribution is 2.31. The zero-order valence-corrected chi connectivity index (χ0v) is 17.9. The van der Waals surface area contributed by atoms with Crippen LogP contribution in [0.3, 0.4) is 0 Å². The number of furan rings is 1. The molecule has 0 aliphatic carbocycles. The van der Waals surface area contributed by atoms with Crippen molar-refractivity contribution >= 4 is 23.4 Å². The van der Waals surface area contributed by atoms with Gasteiger partial charge in [-0.3, -0.25) is 9.59 Å². The topological polar surface area (TPSA) is 63.0 Å². The molecular weight excluding hydrogens is 416 g/mol. The number of benzene rings is 2. The summed E-state index contributed by atoms with van der Waals surface area (Å²) in [4.78, 5) is 28.6. The van der Waals surface area contributed by atoms with Gasteiger partial charge in [-0.15, -0.1) is 0 Å². The molecule has 0 saturated carbocycles. The van der Waals surface area contributed by atoms with E-state index in [2.05, 4.69) is 0 Å². The van der Waals surface area contributed by atoms with E-state index in [9.17, 15) is 9.59 Å². The van der Waals surface area contributed by atoms with Crippen molar-refractivity contribution in [2.75, 3.05) is 26.2 Å². The van der Waals surface area contributed by atoms with E-state index in [-0.39, 0.29) is 11.8 Å². The van der Waals surface area contributed by atoms with Crippen molar-refractivity contribution in [3.05, 3.63) is 77.7 Å². The molecule has 1 fully saturated rings. The fourth-order valence-corrected chi connectivity index (χ4v) is 3.82. The van der Waals surface area contributed by atoms with Crippen molar-refractivity contribution in [2.45, 2.75) is 13.0 Å². The van der Waals surface area contributed by atoms with Crippen LogP contribution < -0.4 is 4.74 Å². The maximum Gasteiger partial charge on any atom is 0.289 e. The van der Waals surface area contributed by atoms with Crippen LogP contribution in [0, 0.1) is 0 Å². The fraction of sp³-hybridized carbons (Fsp3) is 0.250. The zero-order chi connectivity index (χ0) is 21.8. The Balaban J connectivity index is 1.34. The van der Waals surface area contributed by atoms with E-state index in [1.54, 1.807) is 34.9 Å². The van der Waals surface area contributed by atoms with Crippen LogP contribution in [0.2, 0.25) is 5.02 Å². The molecule has 31 heavy (non-hydrogen) atoms. The smallest absolute Gasteiger partial charge is 0.289 e. The molecule has 1 saturated heterocycles. The summed E-state index contributed by atoms with van der Waals surface area (Å²) in [5.74, 6) is 0.485. The number of hydrogen-bond donors (Lipinski definition) is 0. The van der Waals surface area contributed by atoms with Gasteiger partial charge in [-0.1, -0.05) is 48.0 Å². The molecule has 0 N–H and O–H groups in total. The number of rotatable bonds is 5. The molecule has 0 radical (unpaired) electrons. The SMILES string of the molecule is CC(Oc1ccc(-c2ccccc2)cc1Cl)C(=O)N1CCN(C(=O)c2ccco2)CC1. The standard InChI is InChI=1S/C24H23ClN2O4/c1-17(31-21-10-9-19(16-20(21)25)18-6-3-2-4-7-18)23(28)26-11-13-27(14-12-26)24(29)22-8-5-15-30-22/h2-10,15-17H,11-14H2,1H3. The maximum atomic E-state index is 12.8. The average molecular weight is 439 g/mol. The average Bonchev–Trinajstić information content (AvgIpc) is 3.35. The Labute approximate surface area is 186 Å². The van der Waals surface area contributed by atoms with Gasteiger partial charge in [0.15, 0.2) is 11.9 Å². The first-order chi connectivity index (χ1) is 15.0. The van der Waals surface area contributed by atoms with Crippen LogP contribution in [-0.2, 0) is 4.79 Å². The Morgan fingerprint density at radius 1 is 0.935 bits per heavy atom. The number of carbonyl (C=O) groups excluding carboxylic acids is 2. The summed E-state index contributed by atoms with van der Waals surface area (Å²) in [6.45, 7) is 3.50. The molecule has 1 aromatic heterocycles. The molecular formula is C24H23ClN2O4. The molecule has 1 aliphatic rings. The Morgan fingerprint density at radius 2 is 1.65 bits per heavy atom. The number of carbonyl (C=O) groups is 2. The van der Waals surface area contributed by atoms with Crippen LogP contribution in [0.15, 0.2) is 71.3 Å². The number of amides is 2. The second-order valence-corrected chi connectivity index (χ2v) is 7.77. The molecule has 1 aliphatic heterocycles. The minimum absolute atomic E-state index is 0.131. The highest BCUT2D eigenvalue weighted by atomic mass is 35.5. The fourth-order valence-electron chi connectivity index (χ4n) is 3.59. The van der Waals surface area contributed by atoms with Gasteiger partial charge in [0.1, 0.15) is 5.75 Å². The van der Waals surface area contributed by atoms with Gasteiger partial charge < -0.3 is 19.0 Å². The zero-order valence-electron chi connectivity index (χ0n) is 17.2. The monoisotopic (exact) mass is 438 g/mol. The van der Waals surface area contributed by atoms with Crippen molar-refractivity contribution in [3.8, 4) is 16.9 Å². The minimum atomic E-state index is -0.688. The highest BCUT2D eigenvalue weighted by molar-refractivity contribution is 6.32. The summed E-state index contributed by atoms with van der Waals surface area (Å²) in [5.41, 5.74) is 2.04. The number of nitrogens with zero attached hydrogens (tertiary/aromatic N) is 2. The van der Waals surface area contributed by atoms with Crippen molar-refractivity contribution in [2.24, 2.45) is 0 Å². The van der Waals surface area contributed by atoms with E-state index in [0.29, 0.717) is 42.7 Å². The lowest BCUT2D eigenvalue weighted by Crippen LogP contribution is -2.53. The van der Waals surface area contributed by atoms with E-state index < -0.39 is 6.10 Å². The Bertz CT molecular complexity index is 1040. The third-order valence-corrected chi connectivity index (χ3v) is 5.60. The van der Waals surface area contributed by atoms with Crippen LogP contribution in [0.1, 0.15) is 17.5 Å². The van der Waals surface area contributed by atoms with Gasteiger partial charge in [0.2, 0.25) is 0 Å². The van der Waals surface area contributed by atoms with Gasteiger partial charge in [-0.05, 0) is 42.3 Å². The summed E-state index contributed by atoms with van der Waals surface area (Å²) in [7, 11) is 0. The van der Waals surface area contributed by atoms with E-state index in [1.807, 2.05) is 42.5 Å². The molecule has 1 atom stereocenters. The Hall–Kier alpha value is -3.25. The summed E-state index contributed by atoms with van der Waals surface area (Å²) in [6.07, 6.45) is 0.788. The molecule has 4 rings (SSSR count). The third kappa shape index (κ3) is 4.75. The molecule has 7 heteroatoms. The van der Waals surface area contributed by atoms with Gasteiger partial charge in [0.05, 0.1) is 11.3 Å². The summed E-state index contributed by atoms with van der Waals surface area (Å²) >= 11 is 6.41. The second kappa shape index (κ2) is 9.27. The van der Waals surface area contributed by atoms with E-state index >= 15 is 0 Å². The van der Waals surface area contributed by atoms with Crippen LogP contribution in [0.5, 0.6) is 5.75 Å². The van der Waals surface area contributed by atoms with Crippen LogP contribution in [0.4, 0.5) is 0 Å². The summed E-state index contributed by atoms with van der Waals surface area (Å²) in [6, 6.07) is 18.8. The molecule has 2 heterocycles. The molecule has 6 nitrogen and oxygen atoms in total. The van der Waals surface area contributed by atoms with Gasteiger partial charge in [0, 0.05) is 26.2 Å². The first kappa shape index (κ1) is 21.0. The molecule has 1 unspecified atom stereocenters. The van der Waals surface area contributed by atoms with Gasteiger partial charge in [-0.25, -0.2) is 0 Å². The predicted octanol–water partition coefficient (Wildman–Crippen LogP) is 4.35. The molecule has 160 valence electrons. The lowest BCUT2D eigenvalue weighted by Gasteiger charge is -2.35. The van der Waals surface area contributed by atoms with Gasteiger partial charge in [-0.2, -0.15) is 0 Å². The van der Waals surface area contributed by atoms with Gasteiger partial charge in [0.25, 0.3) is 11.8 Å². The van der Waals surface area contributed by atoms with Crippen molar-refractivity contribution in [1.82, 2.24) is 9.80 Å². The largest absolute Gasteiger partial charge is 0.479 e. The van der Waals surface area contributed by atoms with Crippen molar-refractivity contribution in [3.63, 3.8) is 0 Å². The van der Waals surface area contributed by atoms with Crippen molar-refractivity contribution in [1.29, 1.82) is 0 Å². The summed E-state index contributed by atoms with van der Waals surface area (Å²) in [5, 5.41) is 0.454. The van der Waals surface area contributed by atoms with Gasteiger partial charge >= 0.3 is 0 Å². The normalized spacial score (nSPS) is 14.9. The lowest BCUT2D eigenvalue weighted by atomic mass is 10.1. The highest BCUT2D eigenvalue weighted by Gasteiger charge is 2.29. The van der Waals surface area contributed by atoms with Crippen LogP contribution >= 0.6 is 11.6 Å². The van der Waals surface area contributed by atoms with Crippen LogP contribution in [0.25, 0.3) is 11.1 Å². The first-order valence-electron chi connectivity index (χ1n) is 10.2.